The third-order valence-electron chi connectivity index (χ3n) is 5.05. The van der Waals surface area contributed by atoms with Crippen LogP contribution in [0.1, 0.15) is 21.5 Å². The lowest BCUT2D eigenvalue weighted by molar-refractivity contribution is -0.122. The number of hydrogen-bond acceptors (Lipinski definition) is 5. The normalized spacial score (nSPS) is 14.6. The number of imide groups is 1. The summed E-state index contributed by atoms with van der Waals surface area (Å²) in [5.41, 5.74) is 1.79. The lowest BCUT2D eigenvalue weighted by atomic mass is 10.1. The summed E-state index contributed by atoms with van der Waals surface area (Å²) >= 11 is 25.8. The van der Waals surface area contributed by atoms with Crippen molar-refractivity contribution in [3.05, 3.63) is 100 Å². The van der Waals surface area contributed by atoms with Crippen LogP contribution in [0.2, 0.25) is 15.1 Å². The number of thioether (sulfide) groups is 1. The molecule has 3 aromatic carbocycles. The van der Waals surface area contributed by atoms with E-state index in [9.17, 15) is 14.4 Å². The maximum absolute atomic E-state index is 12.9. The number of benzene rings is 3. The Bertz CT molecular complexity index is 1390. The lowest BCUT2D eigenvalue weighted by Crippen LogP contribution is -2.33. The summed E-state index contributed by atoms with van der Waals surface area (Å²) in [5.74, 6) is -0.347. The van der Waals surface area contributed by atoms with Crippen LogP contribution in [0.5, 0.6) is 5.75 Å². The first-order valence-electron chi connectivity index (χ1n) is 10.2. The predicted octanol–water partition coefficient (Wildman–Crippen LogP) is 8.67. The summed E-state index contributed by atoms with van der Waals surface area (Å²) < 4.78 is 7.19. The molecule has 0 unspecified atom stereocenters. The average molecular weight is 691 g/mol. The van der Waals surface area contributed by atoms with Crippen LogP contribution in [0.4, 0.5) is 4.79 Å². The zero-order chi connectivity index (χ0) is 26.0. The second-order valence-electron chi connectivity index (χ2n) is 7.54. The molecule has 4 rings (SSSR count). The molecular formula is C25H14Br2Cl3NO4S. The lowest BCUT2D eigenvalue weighted by Gasteiger charge is -2.13. The Morgan fingerprint density at radius 3 is 2.22 bits per heavy atom. The smallest absolute Gasteiger partial charge is 0.293 e. The molecule has 1 aliphatic rings. The molecule has 0 spiro atoms. The Kier molecular flexibility index (Phi) is 8.86. The largest absolute Gasteiger partial charge is 0.486 e. The molecule has 11 heteroatoms. The number of carbonyl (C=O) groups excluding carboxylic acids is 3. The van der Waals surface area contributed by atoms with E-state index >= 15 is 0 Å². The molecule has 184 valence electrons. The third-order valence-corrected chi connectivity index (χ3v) is 7.97. The van der Waals surface area contributed by atoms with Crippen molar-refractivity contribution in [1.82, 2.24) is 4.90 Å². The van der Waals surface area contributed by atoms with Crippen LogP contribution in [0.15, 0.2) is 68.4 Å². The van der Waals surface area contributed by atoms with Gasteiger partial charge in [0.05, 0.1) is 20.4 Å². The topological polar surface area (TPSA) is 63.7 Å². The van der Waals surface area contributed by atoms with Crippen molar-refractivity contribution < 1.29 is 19.1 Å². The van der Waals surface area contributed by atoms with Crippen molar-refractivity contribution in [2.75, 3.05) is 6.54 Å². The van der Waals surface area contributed by atoms with E-state index in [0.717, 1.165) is 22.2 Å². The van der Waals surface area contributed by atoms with Crippen LogP contribution in [0.25, 0.3) is 6.08 Å². The number of amides is 2. The molecule has 0 N–H and O–H groups in total. The first-order valence-corrected chi connectivity index (χ1v) is 13.8. The van der Waals surface area contributed by atoms with E-state index < -0.39 is 11.1 Å². The second-order valence-corrected chi connectivity index (χ2v) is 11.5. The van der Waals surface area contributed by atoms with E-state index in [1.54, 1.807) is 60.7 Å². The van der Waals surface area contributed by atoms with Gasteiger partial charge in [-0.3, -0.25) is 19.3 Å². The van der Waals surface area contributed by atoms with Crippen molar-refractivity contribution >= 4 is 101 Å². The van der Waals surface area contributed by atoms with Crippen molar-refractivity contribution in [3.63, 3.8) is 0 Å². The highest BCUT2D eigenvalue weighted by Crippen LogP contribution is 2.38. The van der Waals surface area contributed by atoms with E-state index in [1.807, 2.05) is 0 Å². The molecule has 1 fully saturated rings. The Labute approximate surface area is 243 Å². The second kappa shape index (κ2) is 11.7. The van der Waals surface area contributed by atoms with E-state index in [1.165, 1.54) is 0 Å². The van der Waals surface area contributed by atoms with Crippen LogP contribution in [0.3, 0.4) is 0 Å². The van der Waals surface area contributed by atoms with Gasteiger partial charge >= 0.3 is 0 Å². The molecule has 36 heavy (non-hydrogen) atoms. The summed E-state index contributed by atoms with van der Waals surface area (Å²) in [5, 5.41) is 1.01. The van der Waals surface area contributed by atoms with Gasteiger partial charge in [-0.05, 0) is 104 Å². The highest BCUT2D eigenvalue weighted by Gasteiger charge is 2.36. The van der Waals surface area contributed by atoms with Gasteiger partial charge in [0.25, 0.3) is 11.1 Å². The van der Waals surface area contributed by atoms with Crippen molar-refractivity contribution in [3.8, 4) is 5.75 Å². The summed E-state index contributed by atoms with van der Waals surface area (Å²) in [6.45, 7) is -0.135. The van der Waals surface area contributed by atoms with Crippen LogP contribution >= 0.6 is 78.4 Å². The number of hydrogen-bond donors (Lipinski definition) is 0. The summed E-state index contributed by atoms with van der Waals surface area (Å²) in [4.78, 5) is 39.0. The first kappa shape index (κ1) is 27.2. The third kappa shape index (κ3) is 6.36. The van der Waals surface area contributed by atoms with Gasteiger partial charge in [0.15, 0.2) is 5.78 Å². The van der Waals surface area contributed by atoms with Gasteiger partial charge in [0, 0.05) is 26.2 Å². The summed E-state index contributed by atoms with van der Waals surface area (Å²) in [6, 6.07) is 14.9. The maximum atomic E-state index is 12.9. The van der Waals surface area contributed by atoms with E-state index in [0.29, 0.717) is 40.9 Å². The molecule has 0 atom stereocenters. The average Bonchev–Trinajstić information content (AvgIpc) is 3.07. The molecule has 0 saturated carbocycles. The molecule has 0 bridgehead atoms. The zero-order valence-electron chi connectivity index (χ0n) is 18.1. The summed E-state index contributed by atoms with van der Waals surface area (Å²) in [6.07, 6.45) is 1.59. The number of carbonyl (C=O) groups is 3. The number of rotatable bonds is 7. The van der Waals surface area contributed by atoms with Crippen molar-refractivity contribution in [1.29, 1.82) is 0 Å². The van der Waals surface area contributed by atoms with Gasteiger partial charge in [-0.15, -0.1) is 0 Å². The Hall–Kier alpha value is -1.81. The van der Waals surface area contributed by atoms with Crippen LogP contribution in [-0.2, 0) is 11.4 Å². The fourth-order valence-corrected chi connectivity index (χ4v) is 6.13. The highest BCUT2D eigenvalue weighted by molar-refractivity contribution is 9.11. The molecule has 1 heterocycles. The molecule has 0 radical (unpaired) electrons. The highest BCUT2D eigenvalue weighted by atomic mass is 79.9. The fraction of sp³-hybridized carbons (Fsp3) is 0.0800. The predicted molar refractivity (Wildman–Crippen MR) is 151 cm³/mol. The van der Waals surface area contributed by atoms with Crippen LogP contribution < -0.4 is 4.74 Å². The van der Waals surface area contributed by atoms with Crippen LogP contribution in [0, 0.1) is 0 Å². The van der Waals surface area contributed by atoms with Crippen molar-refractivity contribution in [2.45, 2.75) is 6.61 Å². The minimum absolute atomic E-state index is 0.212. The van der Waals surface area contributed by atoms with Gasteiger partial charge < -0.3 is 4.74 Å². The Morgan fingerprint density at radius 2 is 1.58 bits per heavy atom. The molecule has 2 amide bonds. The maximum Gasteiger partial charge on any atom is 0.293 e. The number of Topliss-reactive ketones (excluding diaryl/α,β-unsaturated/α-hetero) is 1. The molecule has 1 saturated heterocycles. The van der Waals surface area contributed by atoms with E-state index in [2.05, 4.69) is 31.9 Å². The van der Waals surface area contributed by atoms with E-state index in [-0.39, 0.29) is 23.8 Å². The SMILES string of the molecule is O=C(CN1C(=O)S/C(=C/c2cc(Br)c(OCc3ccc(Cl)cc3Cl)c(Br)c2)C1=O)c1ccc(Cl)cc1. The Balaban J connectivity index is 1.48. The number of ketones is 1. The van der Waals surface area contributed by atoms with Gasteiger partial charge in [0.2, 0.25) is 0 Å². The van der Waals surface area contributed by atoms with Gasteiger partial charge in [-0.1, -0.05) is 40.9 Å². The number of nitrogens with zero attached hydrogens (tertiary/aromatic N) is 1. The van der Waals surface area contributed by atoms with Crippen LogP contribution in [-0.4, -0.2) is 28.4 Å². The molecular weight excluding hydrogens is 677 g/mol. The Morgan fingerprint density at radius 1 is 0.944 bits per heavy atom. The zero-order valence-corrected chi connectivity index (χ0v) is 24.3. The molecule has 5 nitrogen and oxygen atoms in total. The van der Waals surface area contributed by atoms with Gasteiger partial charge in [-0.25, -0.2) is 0 Å². The molecule has 0 aromatic heterocycles. The number of ether oxygens (including phenoxy) is 1. The standard InChI is InChI=1S/C25H14Br2Cl3NO4S/c26-18-7-13(8-19(27)23(18)35-12-15-3-6-17(29)10-20(15)30)9-22-24(33)31(25(34)36-22)11-21(32)14-1-4-16(28)5-2-14/h1-10H,11-12H2/b22-9+. The molecule has 1 aliphatic heterocycles. The van der Waals surface area contributed by atoms with Crippen molar-refractivity contribution in [2.24, 2.45) is 0 Å². The van der Waals surface area contributed by atoms with E-state index in [4.69, 9.17) is 39.5 Å². The summed E-state index contributed by atoms with van der Waals surface area (Å²) in [7, 11) is 0. The monoisotopic (exact) mass is 687 g/mol. The number of halogens is 5. The van der Waals surface area contributed by atoms with Gasteiger partial charge in [-0.2, -0.15) is 0 Å². The molecule has 3 aromatic rings. The molecule has 0 aliphatic carbocycles. The quantitative estimate of drug-likeness (QED) is 0.184. The first-order chi connectivity index (χ1) is 17.1. The fourth-order valence-electron chi connectivity index (χ4n) is 3.25. The minimum atomic E-state index is -0.530. The van der Waals surface area contributed by atoms with Gasteiger partial charge in [0.1, 0.15) is 12.4 Å². The minimum Gasteiger partial charge on any atom is -0.486 e.